The molecule has 1 heterocycles. The smallest absolute Gasteiger partial charge is 0.323 e. The van der Waals surface area contributed by atoms with Crippen molar-refractivity contribution in [1.82, 2.24) is 14.8 Å². The third-order valence-corrected chi connectivity index (χ3v) is 3.26. The van der Waals surface area contributed by atoms with Gasteiger partial charge in [0.15, 0.2) is 0 Å². The van der Waals surface area contributed by atoms with E-state index in [0.717, 1.165) is 10.9 Å². The number of benzene rings is 1. The number of carbonyl (C=O) groups is 2. The van der Waals surface area contributed by atoms with E-state index in [0.29, 0.717) is 18.7 Å². The highest BCUT2D eigenvalue weighted by Gasteiger charge is 2.20. The van der Waals surface area contributed by atoms with E-state index < -0.39 is 5.97 Å². The number of aliphatic carboxylic acids is 1. The highest BCUT2D eigenvalue weighted by Crippen LogP contribution is 2.19. The van der Waals surface area contributed by atoms with Gasteiger partial charge in [0.2, 0.25) is 0 Å². The predicted molar refractivity (Wildman–Crippen MR) is 80.4 cm³/mol. The topological polar surface area (TPSA) is 76.6 Å². The SMILES string of the molecule is CN(C)CCN(CC(=O)O)C(=O)c1cccc2[nH]ccc12. The second-order valence-corrected chi connectivity index (χ2v) is 5.17. The molecule has 0 aliphatic carbocycles. The minimum Gasteiger partial charge on any atom is -0.480 e. The zero-order valence-corrected chi connectivity index (χ0v) is 12.2. The molecule has 0 fully saturated rings. The zero-order valence-electron chi connectivity index (χ0n) is 12.2. The summed E-state index contributed by atoms with van der Waals surface area (Å²) in [6.45, 7) is 0.689. The van der Waals surface area contributed by atoms with Gasteiger partial charge in [-0.2, -0.15) is 0 Å². The molecular weight excluding hydrogens is 270 g/mol. The number of hydrogen-bond acceptors (Lipinski definition) is 3. The largest absolute Gasteiger partial charge is 0.480 e. The lowest BCUT2D eigenvalue weighted by Gasteiger charge is -2.23. The fourth-order valence-electron chi connectivity index (χ4n) is 2.18. The Morgan fingerprint density at radius 3 is 2.62 bits per heavy atom. The first-order valence-electron chi connectivity index (χ1n) is 6.71. The van der Waals surface area contributed by atoms with Crippen LogP contribution >= 0.6 is 0 Å². The first-order valence-corrected chi connectivity index (χ1v) is 6.71. The van der Waals surface area contributed by atoms with Crippen molar-refractivity contribution in [2.75, 3.05) is 33.7 Å². The van der Waals surface area contributed by atoms with Crippen LogP contribution in [0.25, 0.3) is 10.9 Å². The molecule has 0 saturated heterocycles. The lowest BCUT2D eigenvalue weighted by Crippen LogP contribution is -2.40. The Kier molecular flexibility index (Phi) is 4.59. The molecule has 0 aliphatic rings. The second-order valence-electron chi connectivity index (χ2n) is 5.17. The van der Waals surface area contributed by atoms with Crippen LogP contribution in [0.5, 0.6) is 0 Å². The maximum atomic E-state index is 12.6. The van der Waals surface area contributed by atoms with E-state index in [1.54, 1.807) is 18.3 Å². The molecule has 2 N–H and O–H groups in total. The van der Waals surface area contributed by atoms with Gasteiger partial charge in [0.05, 0.1) is 0 Å². The Bertz CT molecular complexity index is 648. The molecule has 21 heavy (non-hydrogen) atoms. The van der Waals surface area contributed by atoms with Gasteiger partial charge in [-0.3, -0.25) is 9.59 Å². The number of carboxylic acid groups (broad SMARTS) is 1. The van der Waals surface area contributed by atoms with Crippen molar-refractivity contribution >= 4 is 22.8 Å². The summed E-state index contributed by atoms with van der Waals surface area (Å²) in [6.07, 6.45) is 1.77. The van der Waals surface area contributed by atoms with Gasteiger partial charge in [0.1, 0.15) is 6.54 Å². The lowest BCUT2D eigenvalue weighted by atomic mass is 10.1. The van der Waals surface area contributed by atoms with Crippen LogP contribution in [-0.4, -0.2) is 65.5 Å². The number of nitrogens with one attached hydrogen (secondary N) is 1. The van der Waals surface area contributed by atoms with Crippen molar-refractivity contribution in [3.63, 3.8) is 0 Å². The van der Waals surface area contributed by atoms with E-state index in [-0.39, 0.29) is 12.5 Å². The van der Waals surface area contributed by atoms with Gasteiger partial charge in [0, 0.05) is 35.8 Å². The maximum absolute atomic E-state index is 12.6. The minimum atomic E-state index is -1.01. The number of H-pyrrole nitrogens is 1. The average molecular weight is 289 g/mol. The third-order valence-electron chi connectivity index (χ3n) is 3.26. The van der Waals surface area contributed by atoms with Crippen LogP contribution < -0.4 is 0 Å². The summed E-state index contributed by atoms with van der Waals surface area (Å²) in [5, 5.41) is 9.81. The van der Waals surface area contributed by atoms with Crippen molar-refractivity contribution in [2.24, 2.45) is 0 Å². The number of aromatic nitrogens is 1. The fraction of sp³-hybridized carbons (Fsp3) is 0.333. The quantitative estimate of drug-likeness (QED) is 0.839. The van der Waals surface area contributed by atoms with Crippen LogP contribution in [0.15, 0.2) is 30.5 Å². The number of hydrogen-bond donors (Lipinski definition) is 2. The molecule has 6 heteroatoms. The molecule has 112 valence electrons. The predicted octanol–water partition coefficient (Wildman–Crippen LogP) is 1.26. The minimum absolute atomic E-state index is 0.260. The number of rotatable bonds is 6. The molecule has 0 spiro atoms. The summed E-state index contributed by atoms with van der Waals surface area (Å²) in [6, 6.07) is 7.22. The van der Waals surface area contributed by atoms with E-state index in [4.69, 9.17) is 5.11 Å². The van der Waals surface area contributed by atoms with Crippen molar-refractivity contribution in [1.29, 1.82) is 0 Å². The van der Waals surface area contributed by atoms with Gasteiger partial charge in [-0.15, -0.1) is 0 Å². The second kappa shape index (κ2) is 6.41. The Balaban J connectivity index is 2.28. The van der Waals surface area contributed by atoms with Crippen LogP contribution in [0.3, 0.4) is 0 Å². The van der Waals surface area contributed by atoms with Crippen LogP contribution in [0, 0.1) is 0 Å². The highest BCUT2D eigenvalue weighted by molar-refractivity contribution is 6.07. The Morgan fingerprint density at radius 1 is 1.19 bits per heavy atom. The van der Waals surface area contributed by atoms with Gasteiger partial charge < -0.3 is 19.9 Å². The molecule has 1 amide bonds. The van der Waals surface area contributed by atoms with Gasteiger partial charge in [-0.1, -0.05) is 6.07 Å². The number of likely N-dealkylation sites (N-methyl/N-ethyl adjacent to an activating group) is 1. The summed E-state index contributed by atoms with van der Waals surface area (Å²) in [5.41, 5.74) is 1.39. The van der Waals surface area contributed by atoms with E-state index in [1.807, 2.05) is 31.1 Å². The van der Waals surface area contributed by atoms with E-state index in [2.05, 4.69) is 4.98 Å². The van der Waals surface area contributed by atoms with Gasteiger partial charge in [-0.05, 0) is 32.3 Å². The first kappa shape index (κ1) is 15.1. The number of nitrogens with zero attached hydrogens (tertiary/aromatic N) is 2. The Hall–Kier alpha value is -2.34. The maximum Gasteiger partial charge on any atom is 0.323 e. The summed E-state index contributed by atoms with van der Waals surface area (Å²) < 4.78 is 0. The average Bonchev–Trinajstić information content (AvgIpc) is 2.90. The molecule has 0 radical (unpaired) electrons. The first-order chi connectivity index (χ1) is 9.99. The molecule has 1 aromatic carbocycles. The molecule has 0 atom stereocenters. The van der Waals surface area contributed by atoms with E-state index in [9.17, 15) is 9.59 Å². The van der Waals surface area contributed by atoms with Gasteiger partial charge >= 0.3 is 5.97 Å². The van der Waals surface area contributed by atoms with Crippen LogP contribution in [0.2, 0.25) is 0 Å². The molecule has 0 aliphatic heterocycles. The fourth-order valence-corrected chi connectivity index (χ4v) is 2.18. The lowest BCUT2D eigenvalue weighted by molar-refractivity contribution is -0.137. The van der Waals surface area contributed by atoms with Crippen molar-refractivity contribution < 1.29 is 14.7 Å². The van der Waals surface area contributed by atoms with Crippen LogP contribution in [0.1, 0.15) is 10.4 Å². The van der Waals surface area contributed by atoms with Crippen molar-refractivity contribution in [2.45, 2.75) is 0 Å². The van der Waals surface area contributed by atoms with E-state index in [1.165, 1.54) is 4.90 Å². The Labute approximate surface area is 123 Å². The molecule has 0 bridgehead atoms. The summed E-state index contributed by atoms with van der Waals surface area (Å²) in [5.74, 6) is -1.27. The molecule has 1 aromatic heterocycles. The van der Waals surface area contributed by atoms with Crippen molar-refractivity contribution in [3.05, 3.63) is 36.0 Å². The summed E-state index contributed by atoms with van der Waals surface area (Å²) in [4.78, 5) is 30.0. The molecule has 0 unspecified atom stereocenters. The molecular formula is C15H19N3O3. The normalized spacial score (nSPS) is 11.0. The number of aromatic amines is 1. The molecule has 0 saturated carbocycles. The van der Waals surface area contributed by atoms with Gasteiger partial charge in [-0.25, -0.2) is 0 Å². The molecule has 2 aromatic rings. The summed E-state index contributed by atoms with van der Waals surface area (Å²) in [7, 11) is 3.77. The van der Waals surface area contributed by atoms with Crippen LogP contribution in [0.4, 0.5) is 0 Å². The van der Waals surface area contributed by atoms with Gasteiger partial charge in [0.25, 0.3) is 5.91 Å². The standard InChI is InChI=1S/C15H19N3O3/c1-17(2)8-9-18(10-14(19)20)15(21)12-4-3-5-13-11(12)6-7-16-13/h3-7,16H,8-10H2,1-2H3,(H,19,20). The number of carboxylic acids is 1. The van der Waals surface area contributed by atoms with Crippen LogP contribution in [-0.2, 0) is 4.79 Å². The Morgan fingerprint density at radius 2 is 1.95 bits per heavy atom. The number of amides is 1. The summed E-state index contributed by atoms with van der Waals surface area (Å²) >= 11 is 0. The number of carbonyl (C=O) groups excluding carboxylic acids is 1. The zero-order chi connectivity index (χ0) is 15.4. The third kappa shape index (κ3) is 3.61. The number of fused-ring (bicyclic) bond motifs is 1. The molecule has 2 rings (SSSR count). The van der Waals surface area contributed by atoms with Crippen molar-refractivity contribution in [3.8, 4) is 0 Å². The van der Waals surface area contributed by atoms with E-state index >= 15 is 0 Å². The highest BCUT2D eigenvalue weighted by atomic mass is 16.4. The molecule has 6 nitrogen and oxygen atoms in total. The monoisotopic (exact) mass is 289 g/mol.